The molecule has 0 fully saturated rings. The van der Waals surface area contributed by atoms with Crippen LogP contribution in [0.3, 0.4) is 0 Å². The average molecular weight is 294 g/mol. The molecule has 0 bridgehead atoms. The number of rotatable bonds is 6. The van der Waals surface area contributed by atoms with Gasteiger partial charge in [-0.05, 0) is 24.3 Å². The summed E-state index contributed by atoms with van der Waals surface area (Å²) in [5.74, 6) is -3.20. The van der Waals surface area contributed by atoms with E-state index in [1.165, 1.54) is 24.3 Å². The summed E-state index contributed by atoms with van der Waals surface area (Å²) in [6.07, 6.45) is 0. The van der Waals surface area contributed by atoms with Crippen molar-refractivity contribution in [3.8, 4) is 11.5 Å². The molecule has 0 radical (unpaired) electrons. The molecule has 0 aliphatic carbocycles. The molecule has 0 unspecified atom stereocenters. The Kier molecular flexibility index (Phi) is 4.71. The zero-order chi connectivity index (χ0) is 15.2. The van der Waals surface area contributed by atoms with Crippen LogP contribution in [0.25, 0.3) is 0 Å². The van der Waals surface area contributed by atoms with Gasteiger partial charge >= 0.3 is 5.97 Å². The fraction of sp³-hybridized carbons (Fsp3) is 0.133. The van der Waals surface area contributed by atoms with Crippen molar-refractivity contribution in [3.63, 3.8) is 0 Å². The van der Waals surface area contributed by atoms with E-state index in [1.54, 1.807) is 12.1 Å². The van der Waals surface area contributed by atoms with Gasteiger partial charge in [0, 0.05) is 0 Å². The zero-order valence-electron chi connectivity index (χ0n) is 10.9. The summed E-state index contributed by atoms with van der Waals surface area (Å²) >= 11 is 0. The van der Waals surface area contributed by atoms with Crippen LogP contribution < -0.4 is 9.47 Å². The molecule has 2 rings (SSSR count). The topological polar surface area (TPSA) is 55.8 Å². The van der Waals surface area contributed by atoms with E-state index < -0.39 is 17.6 Å². The summed E-state index contributed by atoms with van der Waals surface area (Å²) in [6.45, 7) is -0.0471. The van der Waals surface area contributed by atoms with Crippen molar-refractivity contribution in [2.75, 3.05) is 13.2 Å². The van der Waals surface area contributed by atoms with Gasteiger partial charge < -0.3 is 14.6 Å². The van der Waals surface area contributed by atoms with Crippen LogP contribution in [0.5, 0.6) is 11.5 Å². The number of aromatic carboxylic acids is 1. The molecule has 0 atom stereocenters. The molecule has 2 aromatic carbocycles. The highest BCUT2D eigenvalue weighted by Crippen LogP contribution is 2.20. The number of benzene rings is 2. The van der Waals surface area contributed by atoms with Gasteiger partial charge in [0.05, 0.1) is 0 Å². The summed E-state index contributed by atoms with van der Waals surface area (Å²) < 4.78 is 36.6. The molecule has 0 aliphatic rings. The molecule has 6 heteroatoms. The third-order valence-electron chi connectivity index (χ3n) is 2.63. The molecule has 0 saturated carbocycles. The van der Waals surface area contributed by atoms with E-state index in [4.69, 9.17) is 14.6 Å². The van der Waals surface area contributed by atoms with Gasteiger partial charge in [0.2, 0.25) is 5.82 Å². The summed E-state index contributed by atoms with van der Waals surface area (Å²) in [7, 11) is 0. The Morgan fingerprint density at radius 3 is 2.29 bits per heavy atom. The molecule has 2 aromatic rings. The number of hydrogen-bond donors (Lipinski definition) is 1. The van der Waals surface area contributed by atoms with E-state index in [0.29, 0.717) is 0 Å². The fourth-order valence-electron chi connectivity index (χ4n) is 1.67. The minimum Gasteiger partial charge on any atom is -0.489 e. The van der Waals surface area contributed by atoms with Crippen molar-refractivity contribution in [2.45, 2.75) is 0 Å². The second kappa shape index (κ2) is 6.69. The quantitative estimate of drug-likeness (QED) is 0.832. The number of ether oxygens (including phenoxy) is 2. The molecular formula is C15H12F2O4. The number of para-hydroxylation sites is 1. The van der Waals surface area contributed by atoms with Gasteiger partial charge in [-0.15, -0.1) is 0 Å². The van der Waals surface area contributed by atoms with Crippen molar-refractivity contribution < 1.29 is 28.2 Å². The van der Waals surface area contributed by atoms with E-state index in [9.17, 15) is 13.6 Å². The monoisotopic (exact) mass is 294 g/mol. The third-order valence-corrected chi connectivity index (χ3v) is 2.63. The van der Waals surface area contributed by atoms with Gasteiger partial charge in [-0.2, -0.15) is 4.39 Å². The summed E-state index contributed by atoms with van der Waals surface area (Å²) in [6, 6.07) is 9.74. The summed E-state index contributed by atoms with van der Waals surface area (Å²) in [5.41, 5.74) is 0.0226. The van der Waals surface area contributed by atoms with Crippen molar-refractivity contribution in [3.05, 3.63) is 59.7 Å². The lowest BCUT2D eigenvalue weighted by Crippen LogP contribution is -2.12. The van der Waals surface area contributed by atoms with Crippen molar-refractivity contribution >= 4 is 5.97 Å². The van der Waals surface area contributed by atoms with E-state index in [2.05, 4.69) is 0 Å². The minimum absolute atomic E-state index is 0.000245. The van der Waals surface area contributed by atoms with Crippen LogP contribution in [0.2, 0.25) is 0 Å². The number of halogens is 2. The van der Waals surface area contributed by atoms with Crippen LogP contribution in [0.15, 0.2) is 42.5 Å². The maximum absolute atomic E-state index is 13.3. The molecule has 4 nitrogen and oxygen atoms in total. The Hall–Kier alpha value is -2.63. The van der Waals surface area contributed by atoms with E-state index in [0.717, 1.165) is 6.07 Å². The smallest absolute Gasteiger partial charge is 0.339 e. The van der Waals surface area contributed by atoms with Gasteiger partial charge in [-0.1, -0.05) is 18.2 Å². The predicted molar refractivity (Wildman–Crippen MR) is 70.7 cm³/mol. The largest absolute Gasteiger partial charge is 0.489 e. The highest BCUT2D eigenvalue weighted by Gasteiger charge is 2.11. The van der Waals surface area contributed by atoms with Gasteiger partial charge in [0.15, 0.2) is 11.6 Å². The van der Waals surface area contributed by atoms with Gasteiger partial charge in [-0.25, -0.2) is 9.18 Å². The number of carboxylic acids is 1. The van der Waals surface area contributed by atoms with Crippen LogP contribution in [0.1, 0.15) is 10.4 Å². The molecular weight excluding hydrogens is 282 g/mol. The Labute approximate surface area is 119 Å². The molecule has 21 heavy (non-hydrogen) atoms. The van der Waals surface area contributed by atoms with Crippen molar-refractivity contribution in [1.82, 2.24) is 0 Å². The van der Waals surface area contributed by atoms with Crippen LogP contribution in [0, 0.1) is 11.6 Å². The standard InChI is InChI=1S/C15H12F2O4/c16-11-5-3-7-13(14(11)17)21-9-8-20-12-6-2-1-4-10(12)15(18)19/h1-7H,8-9H2,(H,18,19). The van der Waals surface area contributed by atoms with Gasteiger partial charge in [0.1, 0.15) is 24.5 Å². The van der Waals surface area contributed by atoms with Crippen LogP contribution in [-0.4, -0.2) is 24.3 Å². The molecule has 0 spiro atoms. The number of hydrogen-bond acceptors (Lipinski definition) is 3. The molecule has 110 valence electrons. The summed E-state index contributed by atoms with van der Waals surface area (Å²) in [4.78, 5) is 11.0. The normalized spacial score (nSPS) is 10.2. The second-order valence-electron chi connectivity index (χ2n) is 4.05. The molecule has 0 saturated heterocycles. The minimum atomic E-state index is -1.11. The van der Waals surface area contributed by atoms with E-state index >= 15 is 0 Å². The number of carboxylic acid groups (broad SMARTS) is 1. The third kappa shape index (κ3) is 3.68. The Morgan fingerprint density at radius 1 is 0.952 bits per heavy atom. The highest BCUT2D eigenvalue weighted by molar-refractivity contribution is 5.90. The second-order valence-corrected chi connectivity index (χ2v) is 4.05. The zero-order valence-corrected chi connectivity index (χ0v) is 10.9. The molecule has 1 N–H and O–H groups in total. The molecule has 0 amide bonds. The first-order valence-electron chi connectivity index (χ1n) is 6.11. The maximum Gasteiger partial charge on any atom is 0.339 e. The van der Waals surface area contributed by atoms with Crippen LogP contribution >= 0.6 is 0 Å². The first-order valence-corrected chi connectivity index (χ1v) is 6.11. The van der Waals surface area contributed by atoms with E-state index in [1.807, 2.05) is 0 Å². The number of carbonyl (C=O) groups is 1. The lowest BCUT2D eigenvalue weighted by atomic mass is 10.2. The molecule has 0 aromatic heterocycles. The van der Waals surface area contributed by atoms with E-state index in [-0.39, 0.29) is 30.3 Å². The Morgan fingerprint density at radius 2 is 1.57 bits per heavy atom. The fourth-order valence-corrected chi connectivity index (χ4v) is 1.67. The highest BCUT2D eigenvalue weighted by atomic mass is 19.2. The molecule has 0 heterocycles. The SMILES string of the molecule is O=C(O)c1ccccc1OCCOc1cccc(F)c1F. The first kappa shape index (κ1) is 14.8. The maximum atomic E-state index is 13.3. The lowest BCUT2D eigenvalue weighted by molar-refractivity contribution is 0.0691. The molecule has 0 aliphatic heterocycles. The van der Waals surface area contributed by atoms with Crippen molar-refractivity contribution in [1.29, 1.82) is 0 Å². The Balaban J connectivity index is 1.91. The van der Waals surface area contributed by atoms with Gasteiger partial charge in [-0.3, -0.25) is 0 Å². The van der Waals surface area contributed by atoms with Gasteiger partial charge in [0.25, 0.3) is 0 Å². The van der Waals surface area contributed by atoms with Crippen molar-refractivity contribution in [2.24, 2.45) is 0 Å². The summed E-state index contributed by atoms with van der Waals surface area (Å²) in [5, 5.41) is 8.96. The Bertz CT molecular complexity index is 643. The van der Waals surface area contributed by atoms with Crippen LogP contribution in [0.4, 0.5) is 8.78 Å². The first-order chi connectivity index (χ1) is 10.1. The lowest BCUT2D eigenvalue weighted by Gasteiger charge is -2.10. The predicted octanol–water partition coefficient (Wildman–Crippen LogP) is 3.12. The average Bonchev–Trinajstić information content (AvgIpc) is 2.48. The van der Waals surface area contributed by atoms with Crippen LogP contribution in [-0.2, 0) is 0 Å².